The first kappa shape index (κ1) is 14.8. The number of benzene rings is 1. The third-order valence-corrected chi connectivity index (χ3v) is 4.62. The average Bonchev–Trinajstić information content (AvgIpc) is 2.42. The molecule has 0 bridgehead atoms. The number of rotatable bonds is 4. The van der Waals surface area contributed by atoms with Gasteiger partial charge in [0.2, 0.25) is 0 Å². The predicted molar refractivity (Wildman–Crippen MR) is 78.6 cm³/mol. The molecule has 1 aliphatic heterocycles. The van der Waals surface area contributed by atoms with Gasteiger partial charge in [-0.1, -0.05) is 6.07 Å². The zero-order valence-corrected chi connectivity index (χ0v) is 12.5. The van der Waals surface area contributed by atoms with Gasteiger partial charge in [0.1, 0.15) is 0 Å². The lowest BCUT2D eigenvalue weighted by Gasteiger charge is -2.34. The molecule has 1 unspecified atom stereocenters. The van der Waals surface area contributed by atoms with E-state index in [0.717, 1.165) is 37.9 Å². The highest BCUT2D eigenvalue weighted by molar-refractivity contribution is 9.10. The van der Waals surface area contributed by atoms with Gasteiger partial charge < -0.3 is 15.7 Å². The summed E-state index contributed by atoms with van der Waals surface area (Å²) in [6, 6.07) is 3.68. The van der Waals surface area contributed by atoms with Crippen LogP contribution in [0.1, 0.15) is 24.8 Å². The summed E-state index contributed by atoms with van der Waals surface area (Å²) in [6.07, 6.45) is 2.95. The van der Waals surface area contributed by atoms with Gasteiger partial charge in [0.15, 0.2) is 5.82 Å². The fourth-order valence-corrected chi connectivity index (χ4v) is 3.18. The Labute approximate surface area is 121 Å². The third-order valence-electron chi connectivity index (χ3n) is 3.76. The van der Waals surface area contributed by atoms with Gasteiger partial charge in [-0.2, -0.15) is 0 Å². The monoisotopic (exact) mass is 330 g/mol. The summed E-state index contributed by atoms with van der Waals surface area (Å²) in [5, 5.41) is 9.03. The van der Waals surface area contributed by atoms with E-state index in [4.69, 9.17) is 10.8 Å². The number of nitrogens with two attached hydrogens (primary N) is 1. The summed E-state index contributed by atoms with van der Waals surface area (Å²) >= 11 is 3.28. The van der Waals surface area contributed by atoms with Crippen LogP contribution in [0.2, 0.25) is 0 Å². The van der Waals surface area contributed by atoms with Crippen molar-refractivity contribution in [3.8, 4) is 0 Å². The minimum atomic E-state index is -0.229. The number of aliphatic hydroxyl groups excluding tert-OH is 1. The average molecular weight is 331 g/mol. The minimum Gasteiger partial charge on any atom is -0.396 e. The summed E-state index contributed by atoms with van der Waals surface area (Å²) in [4.78, 5) is 2.07. The Morgan fingerprint density at radius 1 is 1.47 bits per heavy atom. The van der Waals surface area contributed by atoms with Crippen LogP contribution in [0.4, 0.5) is 10.1 Å². The Morgan fingerprint density at radius 3 is 2.95 bits per heavy atom. The molecule has 19 heavy (non-hydrogen) atoms. The molecule has 0 saturated carbocycles. The molecule has 1 heterocycles. The molecule has 0 spiro atoms. The van der Waals surface area contributed by atoms with Gasteiger partial charge in [-0.05, 0) is 52.7 Å². The van der Waals surface area contributed by atoms with E-state index < -0.39 is 0 Å². The van der Waals surface area contributed by atoms with E-state index in [-0.39, 0.29) is 12.4 Å². The van der Waals surface area contributed by atoms with E-state index in [9.17, 15) is 4.39 Å². The Morgan fingerprint density at radius 2 is 2.26 bits per heavy atom. The molecule has 0 aliphatic carbocycles. The van der Waals surface area contributed by atoms with Gasteiger partial charge in [0.05, 0.1) is 10.2 Å². The lowest BCUT2D eigenvalue weighted by Crippen LogP contribution is -2.36. The first-order chi connectivity index (χ1) is 9.17. The molecule has 1 saturated heterocycles. The van der Waals surface area contributed by atoms with E-state index in [0.29, 0.717) is 22.6 Å². The Kier molecular flexibility index (Phi) is 5.19. The lowest BCUT2D eigenvalue weighted by atomic mass is 9.94. The van der Waals surface area contributed by atoms with Crippen LogP contribution in [0.25, 0.3) is 0 Å². The molecule has 1 atom stereocenters. The molecule has 3 N–H and O–H groups in total. The van der Waals surface area contributed by atoms with Crippen LogP contribution in [-0.2, 0) is 6.54 Å². The molecule has 1 aromatic carbocycles. The molecule has 1 aliphatic rings. The first-order valence-corrected chi connectivity index (χ1v) is 7.49. The molecule has 0 radical (unpaired) electrons. The summed E-state index contributed by atoms with van der Waals surface area (Å²) in [7, 11) is 0. The number of nitrogens with zero attached hydrogens (tertiary/aromatic N) is 1. The molecule has 1 fully saturated rings. The second-order valence-corrected chi connectivity index (χ2v) is 5.84. The number of anilines is 1. The van der Waals surface area contributed by atoms with Crippen LogP contribution in [0.3, 0.4) is 0 Å². The van der Waals surface area contributed by atoms with E-state index in [1.54, 1.807) is 0 Å². The topological polar surface area (TPSA) is 49.5 Å². The molecule has 2 rings (SSSR count). The Hall–Kier alpha value is -0.650. The van der Waals surface area contributed by atoms with Crippen molar-refractivity contribution >= 4 is 21.6 Å². The minimum absolute atomic E-state index is 0.205. The van der Waals surface area contributed by atoms with Crippen molar-refractivity contribution in [2.24, 2.45) is 11.7 Å². The number of halogens is 2. The van der Waals surface area contributed by atoms with Gasteiger partial charge >= 0.3 is 0 Å². The molecule has 5 heteroatoms. The highest BCUT2D eigenvalue weighted by Gasteiger charge is 2.23. The fraction of sp³-hybridized carbons (Fsp3) is 0.571. The van der Waals surface area contributed by atoms with Crippen LogP contribution >= 0.6 is 15.9 Å². The SMILES string of the molecule is NCc1ccc(N2CCCC(CCO)C2)c(F)c1Br. The maximum Gasteiger partial charge on any atom is 0.160 e. The maximum atomic E-state index is 14.4. The van der Waals surface area contributed by atoms with E-state index in [1.165, 1.54) is 0 Å². The van der Waals surface area contributed by atoms with Crippen molar-refractivity contribution in [2.75, 3.05) is 24.6 Å². The van der Waals surface area contributed by atoms with Crippen molar-refractivity contribution in [3.05, 3.63) is 28.0 Å². The number of piperidine rings is 1. The van der Waals surface area contributed by atoms with Crippen LogP contribution < -0.4 is 10.6 Å². The number of hydrogen-bond acceptors (Lipinski definition) is 3. The quantitative estimate of drug-likeness (QED) is 0.892. The summed E-state index contributed by atoms with van der Waals surface area (Å²) in [5.74, 6) is 0.221. The fourth-order valence-electron chi connectivity index (χ4n) is 2.68. The third kappa shape index (κ3) is 3.27. The Bertz CT molecular complexity index is 440. The van der Waals surface area contributed by atoms with Crippen LogP contribution in [-0.4, -0.2) is 24.8 Å². The number of hydrogen-bond donors (Lipinski definition) is 2. The van der Waals surface area contributed by atoms with Gasteiger partial charge in [-0.15, -0.1) is 0 Å². The highest BCUT2D eigenvalue weighted by Crippen LogP contribution is 2.32. The molecule has 3 nitrogen and oxygen atoms in total. The van der Waals surface area contributed by atoms with Gasteiger partial charge in [-0.25, -0.2) is 4.39 Å². The first-order valence-electron chi connectivity index (χ1n) is 6.70. The predicted octanol–water partition coefficient (Wildman–Crippen LogP) is 2.65. The molecule has 106 valence electrons. The lowest BCUT2D eigenvalue weighted by molar-refractivity contribution is 0.244. The van der Waals surface area contributed by atoms with Crippen molar-refractivity contribution in [2.45, 2.75) is 25.8 Å². The van der Waals surface area contributed by atoms with Crippen LogP contribution in [0.5, 0.6) is 0 Å². The van der Waals surface area contributed by atoms with E-state index >= 15 is 0 Å². The molecular formula is C14H20BrFN2O. The van der Waals surface area contributed by atoms with Crippen LogP contribution in [0.15, 0.2) is 16.6 Å². The highest BCUT2D eigenvalue weighted by atomic mass is 79.9. The van der Waals surface area contributed by atoms with E-state index in [1.807, 2.05) is 12.1 Å². The number of aliphatic hydroxyl groups is 1. The Balaban J connectivity index is 2.19. The second kappa shape index (κ2) is 6.68. The zero-order valence-electron chi connectivity index (χ0n) is 10.9. The molecule has 0 aromatic heterocycles. The van der Waals surface area contributed by atoms with Crippen LogP contribution in [0, 0.1) is 11.7 Å². The van der Waals surface area contributed by atoms with Crippen molar-refractivity contribution in [3.63, 3.8) is 0 Å². The van der Waals surface area contributed by atoms with Crippen molar-refractivity contribution in [1.29, 1.82) is 0 Å². The summed E-state index contributed by atoms with van der Waals surface area (Å²) in [5.41, 5.74) is 6.99. The normalized spacial score (nSPS) is 19.8. The summed E-state index contributed by atoms with van der Waals surface area (Å²) < 4.78 is 14.8. The van der Waals surface area contributed by atoms with E-state index in [2.05, 4.69) is 20.8 Å². The van der Waals surface area contributed by atoms with Gasteiger partial charge in [-0.3, -0.25) is 0 Å². The largest absolute Gasteiger partial charge is 0.396 e. The standard InChI is InChI=1S/C14H20BrFN2O/c15-13-11(8-17)3-4-12(14(13)16)18-6-1-2-10(9-18)5-7-19/h3-4,10,19H,1-2,5-9,17H2. The molecular weight excluding hydrogens is 311 g/mol. The maximum absolute atomic E-state index is 14.4. The smallest absolute Gasteiger partial charge is 0.160 e. The van der Waals surface area contributed by atoms with Crippen molar-refractivity contribution < 1.29 is 9.50 Å². The molecule has 0 amide bonds. The second-order valence-electron chi connectivity index (χ2n) is 5.04. The van der Waals surface area contributed by atoms with Gasteiger partial charge in [0, 0.05) is 26.2 Å². The van der Waals surface area contributed by atoms with Crippen molar-refractivity contribution in [1.82, 2.24) is 0 Å². The molecule has 1 aromatic rings. The van der Waals surface area contributed by atoms with Gasteiger partial charge in [0.25, 0.3) is 0 Å². The summed E-state index contributed by atoms with van der Waals surface area (Å²) in [6.45, 7) is 2.21. The zero-order chi connectivity index (χ0) is 13.8.